The normalized spacial score (nSPS) is 12.4. The molecule has 0 saturated carbocycles. The largest absolute Gasteiger partial charge is 0.464 e. The Bertz CT molecular complexity index is 946. The van der Waals surface area contributed by atoms with E-state index in [-0.39, 0.29) is 11.6 Å². The minimum Gasteiger partial charge on any atom is -0.464 e. The van der Waals surface area contributed by atoms with Crippen molar-refractivity contribution in [1.29, 1.82) is 0 Å². The van der Waals surface area contributed by atoms with Crippen molar-refractivity contribution in [3.8, 4) is 11.3 Å². The molecule has 8 heteroatoms. The zero-order valence-corrected chi connectivity index (χ0v) is 14.8. The average molecular weight is 370 g/mol. The standard InChI is InChI=1S/C19H22N4O4/c20-8-2-1-4-12(21)18(26)11-6-7-13-17(16(11)15-5-3-9-27-15)23-19(22-13)14(25)10-24/h3,5-7,9,12,24H,1-2,4,8,10,20-21H2,(H,22,23). The van der Waals surface area contributed by atoms with Gasteiger partial charge >= 0.3 is 0 Å². The van der Waals surface area contributed by atoms with E-state index >= 15 is 0 Å². The zero-order valence-electron chi connectivity index (χ0n) is 14.8. The number of nitrogens with one attached hydrogen (secondary N) is 1. The summed E-state index contributed by atoms with van der Waals surface area (Å²) >= 11 is 0. The first kappa shape index (κ1) is 19.0. The van der Waals surface area contributed by atoms with Crippen molar-refractivity contribution in [2.75, 3.05) is 13.2 Å². The lowest BCUT2D eigenvalue weighted by atomic mass is 9.94. The number of Topliss-reactive ketones (excluding diaryl/α,β-unsaturated/α-hetero) is 2. The molecule has 0 aliphatic rings. The van der Waals surface area contributed by atoms with Crippen LogP contribution in [-0.2, 0) is 0 Å². The van der Waals surface area contributed by atoms with E-state index < -0.39 is 18.4 Å². The molecule has 142 valence electrons. The van der Waals surface area contributed by atoms with Crippen molar-refractivity contribution in [3.63, 3.8) is 0 Å². The lowest BCUT2D eigenvalue weighted by molar-refractivity contribution is 0.0894. The van der Waals surface area contributed by atoms with Gasteiger partial charge in [-0.25, -0.2) is 4.98 Å². The molecule has 8 nitrogen and oxygen atoms in total. The number of carbonyl (C=O) groups is 2. The first-order valence-electron chi connectivity index (χ1n) is 8.77. The van der Waals surface area contributed by atoms with Gasteiger partial charge in [0, 0.05) is 5.56 Å². The van der Waals surface area contributed by atoms with Gasteiger partial charge in [0.25, 0.3) is 0 Å². The number of benzene rings is 1. The summed E-state index contributed by atoms with van der Waals surface area (Å²) in [5.74, 6) is -0.286. The van der Waals surface area contributed by atoms with E-state index in [1.165, 1.54) is 6.26 Å². The lowest BCUT2D eigenvalue weighted by Gasteiger charge is -2.13. The van der Waals surface area contributed by atoms with Gasteiger partial charge in [0.2, 0.25) is 5.78 Å². The second-order valence-corrected chi connectivity index (χ2v) is 6.28. The summed E-state index contributed by atoms with van der Waals surface area (Å²) in [6.07, 6.45) is 3.59. The summed E-state index contributed by atoms with van der Waals surface area (Å²) in [4.78, 5) is 31.9. The quantitative estimate of drug-likeness (QED) is 0.330. The van der Waals surface area contributed by atoms with Crippen LogP contribution in [0.15, 0.2) is 34.9 Å². The number of unbranched alkanes of at least 4 members (excludes halogenated alkanes) is 1. The third kappa shape index (κ3) is 3.82. The molecule has 0 fully saturated rings. The maximum atomic E-state index is 13.0. The number of nitrogens with two attached hydrogens (primary N) is 2. The molecular weight excluding hydrogens is 348 g/mol. The number of ketones is 2. The lowest BCUT2D eigenvalue weighted by Crippen LogP contribution is -2.31. The van der Waals surface area contributed by atoms with Crippen LogP contribution in [0.2, 0.25) is 0 Å². The number of aliphatic hydroxyl groups excluding tert-OH is 1. The Hall–Kier alpha value is -2.81. The van der Waals surface area contributed by atoms with Gasteiger partial charge in [-0.1, -0.05) is 6.42 Å². The molecule has 1 atom stereocenters. The highest BCUT2D eigenvalue weighted by molar-refractivity contribution is 6.11. The van der Waals surface area contributed by atoms with Gasteiger partial charge in [0.1, 0.15) is 17.9 Å². The Morgan fingerprint density at radius 2 is 2.07 bits per heavy atom. The Morgan fingerprint density at radius 3 is 2.74 bits per heavy atom. The third-order valence-corrected chi connectivity index (χ3v) is 4.40. The summed E-state index contributed by atoms with van der Waals surface area (Å²) in [5.41, 5.74) is 13.4. The van der Waals surface area contributed by atoms with Crippen LogP contribution in [0.3, 0.4) is 0 Å². The molecule has 0 aliphatic heterocycles. The summed E-state index contributed by atoms with van der Waals surface area (Å²) in [6.45, 7) is -0.104. The number of nitrogens with zero attached hydrogens (tertiary/aromatic N) is 1. The monoisotopic (exact) mass is 370 g/mol. The van der Waals surface area contributed by atoms with Crippen LogP contribution >= 0.6 is 0 Å². The second kappa shape index (κ2) is 8.26. The second-order valence-electron chi connectivity index (χ2n) is 6.28. The van der Waals surface area contributed by atoms with Crippen LogP contribution in [0.5, 0.6) is 0 Å². The number of hydrogen-bond acceptors (Lipinski definition) is 7. The van der Waals surface area contributed by atoms with E-state index in [2.05, 4.69) is 9.97 Å². The Kier molecular flexibility index (Phi) is 5.80. The van der Waals surface area contributed by atoms with Gasteiger partial charge in [0.15, 0.2) is 11.6 Å². The fraction of sp³-hybridized carbons (Fsp3) is 0.316. The summed E-state index contributed by atoms with van der Waals surface area (Å²) < 4.78 is 5.50. The number of imidazole rings is 1. The third-order valence-electron chi connectivity index (χ3n) is 4.40. The van der Waals surface area contributed by atoms with E-state index in [1.807, 2.05) is 0 Å². The number of H-pyrrole nitrogens is 1. The van der Waals surface area contributed by atoms with Crippen molar-refractivity contribution >= 4 is 22.6 Å². The molecule has 3 aromatic rings. The van der Waals surface area contributed by atoms with E-state index in [0.717, 1.165) is 12.8 Å². The van der Waals surface area contributed by atoms with Gasteiger partial charge in [-0.15, -0.1) is 0 Å². The molecule has 2 heterocycles. The number of fused-ring (bicyclic) bond motifs is 1. The number of furan rings is 1. The number of carbonyl (C=O) groups excluding carboxylic acids is 2. The minimum atomic E-state index is -0.666. The molecule has 0 spiro atoms. The van der Waals surface area contributed by atoms with E-state index in [4.69, 9.17) is 21.0 Å². The number of aromatic nitrogens is 2. The molecule has 1 aromatic carbocycles. The Balaban J connectivity index is 2.08. The maximum absolute atomic E-state index is 13.0. The van der Waals surface area contributed by atoms with Crippen molar-refractivity contribution in [2.45, 2.75) is 25.3 Å². The van der Waals surface area contributed by atoms with E-state index in [9.17, 15) is 9.59 Å². The smallest absolute Gasteiger partial charge is 0.223 e. The van der Waals surface area contributed by atoms with Gasteiger partial charge in [0.05, 0.1) is 23.4 Å². The van der Waals surface area contributed by atoms with Crippen LogP contribution in [-0.4, -0.2) is 45.8 Å². The summed E-state index contributed by atoms with van der Waals surface area (Å²) in [7, 11) is 0. The number of aromatic amines is 1. The SMILES string of the molecule is NCCCCC(N)C(=O)c1ccc2[nH]c(C(=O)CO)nc2c1-c1ccco1. The fourth-order valence-corrected chi connectivity index (χ4v) is 3.00. The molecule has 3 rings (SSSR count). The van der Waals surface area contributed by atoms with Gasteiger partial charge in [-0.3, -0.25) is 9.59 Å². The van der Waals surface area contributed by atoms with Crippen LogP contribution in [0.1, 0.15) is 40.2 Å². The summed E-state index contributed by atoms with van der Waals surface area (Å²) in [6, 6.07) is 6.07. The Morgan fingerprint density at radius 1 is 1.26 bits per heavy atom. The fourth-order valence-electron chi connectivity index (χ4n) is 3.00. The van der Waals surface area contributed by atoms with Crippen LogP contribution in [0, 0.1) is 0 Å². The molecule has 0 radical (unpaired) electrons. The molecule has 0 saturated heterocycles. The molecule has 1 unspecified atom stereocenters. The van der Waals surface area contributed by atoms with Gasteiger partial charge < -0.3 is 26.0 Å². The van der Waals surface area contributed by atoms with Gasteiger partial charge in [-0.2, -0.15) is 0 Å². The first-order valence-corrected chi connectivity index (χ1v) is 8.77. The molecule has 0 aliphatic carbocycles. The minimum absolute atomic E-state index is 0.0251. The molecule has 0 amide bonds. The van der Waals surface area contributed by atoms with Crippen molar-refractivity contribution in [2.24, 2.45) is 11.5 Å². The maximum Gasteiger partial charge on any atom is 0.223 e. The molecule has 2 aromatic heterocycles. The molecule has 27 heavy (non-hydrogen) atoms. The highest BCUT2D eigenvalue weighted by Gasteiger charge is 2.24. The van der Waals surface area contributed by atoms with Crippen molar-refractivity contribution < 1.29 is 19.1 Å². The van der Waals surface area contributed by atoms with Crippen molar-refractivity contribution in [1.82, 2.24) is 9.97 Å². The number of rotatable bonds is 9. The van der Waals surface area contributed by atoms with Crippen LogP contribution in [0.4, 0.5) is 0 Å². The van der Waals surface area contributed by atoms with E-state index in [0.29, 0.717) is 40.9 Å². The first-order chi connectivity index (χ1) is 13.1. The topological polar surface area (TPSA) is 148 Å². The molecule has 6 N–H and O–H groups in total. The van der Waals surface area contributed by atoms with Crippen LogP contribution in [0.25, 0.3) is 22.4 Å². The average Bonchev–Trinajstić information content (AvgIpc) is 3.35. The van der Waals surface area contributed by atoms with Crippen molar-refractivity contribution in [3.05, 3.63) is 41.9 Å². The zero-order chi connectivity index (χ0) is 19.4. The van der Waals surface area contributed by atoms with Crippen LogP contribution < -0.4 is 11.5 Å². The highest BCUT2D eigenvalue weighted by atomic mass is 16.3. The molecule has 0 bridgehead atoms. The number of hydrogen-bond donors (Lipinski definition) is 4. The van der Waals surface area contributed by atoms with Gasteiger partial charge in [-0.05, 0) is 43.7 Å². The molecular formula is C19H22N4O4. The predicted molar refractivity (Wildman–Crippen MR) is 100 cm³/mol. The highest BCUT2D eigenvalue weighted by Crippen LogP contribution is 2.32. The predicted octanol–water partition coefficient (Wildman–Crippen LogP) is 1.64. The number of aliphatic hydroxyl groups is 1. The Labute approximate surface area is 155 Å². The summed E-state index contributed by atoms with van der Waals surface area (Å²) in [5, 5.41) is 9.08. The van der Waals surface area contributed by atoms with E-state index in [1.54, 1.807) is 24.3 Å².